The first-order chi connectivity index (χ1) is 13.5. The molecule has 2 rings (SSSR count). The predicted octanol–water partition coefficient (Wildman–Crippen LogP) is 3.20. The van der Waals surface area contributed by atoms with Crippen molar-refractivity contribution in [3.8, 4) is 5.75 Å². The molecule has 0 heterocycles. The first-order valence-corrected chi connectivity index (χ1v) is 9.49. The van der Waals surface area contributed by atoms with Gasteiger partial charge in [-0.15, -0.1) is 0 Å². The van der Waals surface area contributed by atoms with E-state index in [4.69, 9.17) is 4.74 Å². The van der Waals surface area contributed by atoms with E-state index in [9.17, 15) is 4.79 Å². The van der Waals surface area contributed by atoms with Gasteiger partial charge in [-0.05, 0) is 35.7 Å². The Balaban J connectivity index is 1.79. The SMILES string of the molecule is CN=C(NCCc1ccccc1OC)NCc1ccc(NC(=O)C(C)C)cc1. The monoisotopic (exact) mass is 382 g/mol. The Kier molecular flexibility index (Phi) is 8.34. The van der Waals surface area contributed by atoms with Crippen LogP contribution in [0.25, 0.3) is 0 Å². The van der Waals surface area contributed by atoms with E-state index < -0.39 is 0 Å². The van der Waals surface area contributed by atoms with Gasteiger partial charge in [-0.3, -0.25) is 9.79 Å². The van der Waals surface area contributed by atoms with Crippen LogP contribution in [0.4, 0.5) is 5.69 Å². The van der Waals surface area contributed by atoms with Crippen molar-refractivity contribution in [3.05, 3.63) is 59.7 Å². The maximum absolute atomic E-state index is 11.7. The molecule has 28 heavy (non-hydrogen) atoms. The number of nitrogens with zero attached hydrogens (tertiary/aromatic N) is 1. The van der Waals surface area contributed by atoms with Gasteiger partial charge in [0, 0.05) is 31.7 Å². The molecule has 0 atom stereocenters. The molecule has 0 fully saturated rings. The molecule has 0 saturated carbocycles. The molecular formula is C22H30N4O2. The Labute approximate surface area is 167 Å². The number of hydrogen-bond acceptors (Lipinski definition) is 3. The molecule has 0 unspecified atom stereocenters. The van der Waals surface area contributed by atoms with Crippen molar-refractivity contribution in [3.63, 3.8) is 0 Å². The fraction of sp³-hybridized carbons (Fsp3) is 0.364. The Morgan fingerprint density at radius 2 is 1.79 bits per heavy atom. The number of guanidine groups is 1. The predicted molar refractivity (Wildman–Crippen MR) is 115 cm³/mol. The van der Waals surface area contributed by atoms with E-state index >= 15 is 0 Å². The summed E-state index contributed by atoms with van der Waals surface area (Å²) in [6.07, 6.45) is 0.842. The number of rotatable bonds is 8. The summed E-state index contributed by atoms with van der Waals surface area (Å²) in [7, 11) is 3.44. The first kappa shape index (κ1) is 21.3. The van der Waals surface area contributed by atoms with Crippen molar-refractivity contribution < 1.29 is 9.53 Å². The lowest BCUT2D eigenvalue weighted by Crippen LogP contribution is -2.37. The smallest absolute Gasteiger partial charge is 0.226 e. The molecule has 0 aliphatic carbocycles. The second-order valence-corrected chi connectivity index (χ2v) is 6.76. The second kappa shape index (κ2) is 11.0. The van der Waals surface area contributed by atoms with E-state index in [1.54, 1.807) is 14.2 Å². The van der Waals surface area contributed by atoms with Crippen molar-refractivity contribution >= 4 is 17.6 Å². The lowest BCUT2D eigenvalue weighted by atomic mass is 10.1. The van der Waals surface area contributed by atoms with Gasteiger partial charge in [0.15, 0.2) is 5.96 Å². The molecule has 0 radical (unpaired) electrons. The number of amides is 1. The molecule has 0 spiro atoms. The number of anilines is 1. The van der Waals surface area contributed by atoms with Crippen LogP contribution in [0.5, 0.6) is 5.75 Å². The topological polar surface area (TPSA) is 74.8 Å². The molecular weight excluding hydrogens is 352 g/mol. The number of ether oxygens (including phenoxy) is 1. The van der Waals surface area contributed by atoms with E-state index in [2.05, 4.69) is 27.0 Å². The number of carbonyl (C=O) groups is 1. The molecule has 6 heteroatoms. The molecule has 2 aromatic carbocycles. The summed E-state index contributed by atoms with van der Waals surface area (Å²) in [5.74, 6) is 1.63. The normalized spacial score (nSPS) is 11.2. The summed E-state index contributed by atoms with van der Waals surface area (Å²) in [6.45, 7) is 5.15. The number of para-hydroxylation sites is 1. The van der Waals surface area contributed by atoms with Crippen LogP contribution in [0.15, 0.2) is 53.5 Å². The molecule has 0 bridgehead atoms. The number of carbonyl (C=O) groups excluding carboxylic acids is 1. The van der Waals surface area contributed by atoms with Crippen molar-refractivity contribution in [2.24, 2.45) is 10.9 Å². The number of nitrogens with one attached hydrogen (secondary N) is 3. The minimum absolute atomic E-state index is 0.0190. The fourth-order valence-corrected chi connectivity index (χ4v) is 2.62. The molecule has 0 saturated heterocycles. The Hall–Kier alpha value is -3.02. The molecule has 0 aromatic heterocycles. The van der Waals surface area contributed by atoms with Gasteiger partial charge in [0.1, 0.15) is 5.75 Å². The Morgan fingerprint density at radius 3 is 2.43 bits per heavy atom. The van der Waals surface area contributed by atoms with Crippen LogP contribution >= 0.6 is 0 Å². The van der Waals surface area contributed by atoms with Crippen LogP contribution in [0, 0.1) is 5.92 Å². The average Bonchev–Trinajstić information content (AvgIpc) is 2.71. The fourth-order valence-electron chi connectivity index (χ4n) is 2.62. The van der Waals surface area contributed by atoms with Gasteiger partial charge in [0.2, 0.25) is 5.91 Å². The summed E-state index contributed by atoms with van der Waals surface area (Å²) >= 11 is 0. The summed E-state index contributed by atoms with van der Waals surface area (Å²) in [5.41, 5.74) is 3.07. The highest BCUT2D eigenvalue weighted by molar-refractivity contribution is 5.92. The van der Waals surface area contributed by atoms with Crippen molar-refractivity contribution in [2.45, 2.75) is 26.8 Å². The van der Waals surface area contributed by atoms with Gasteiger partial charge in [-0.25, -0.2) is 0 Å². The Bertz CT molecular complexity index is 785. The highest BCUT2D eigenvalue weighted by atomic mass is 16.5. The zero-order valence-electron chi connectivity index (χ0n) is 17.1. The molecule has 150 valence electrons. The lowest BCUT2D eigenvalue weighted by molar-refractivity contribution is -0.118. The highest BCUT2D eigenvalue weighted by Crippen LogP contribution is 2.17. The van der Waals surface area contributed by atoms with E-state index in [0.29, 0.717) is 6.54 Å². The average molecular weight is 383 g/mol. The number of benzene rings is 2. The molecule has 0 aliphatic rings. The zero-order valence-corrected chi connectivity index (χ0v) is 17.1. The largest absolute Gasteiger partial charge is 0.496 e. The molecule has 3 N–H and O–H groups in total. The maximum Gasteiger partial charge on any atom is 0.226 e. The summed E-state index contributed by atoms with van der Waals surface area (Å²) < 4.78 is 5.38. The third kappa shape index (κ3) is 6.61. The Morgan fingerprint density at radius 1 is 1.07 bits per heavy atom. The van der Waals surface area contributed by atoms with E-state index in [-0.39, 0.29) is 11.8 Å². The van der Waals surface area contributed by atoms with E-state index in [1.807, 2.05) is 56.3 Å². The van der Waals surface area contributed by atoms with Crippen molar-refractivity contribution in [2.75, 3.05) is 26.0 Å². The van der Waals surface area contributed by atoms with Crippen LogP contribution in [0.3, 0.4) is 0 Å². The standard InChI is InChI=1S/C22H30N4O2/c1-16(2)21(27)26-19-11-9-17(10-12-19)15-25-22(23-3)24-14-13-18-7-5-6-8-20(18)28-4/h5-12,16H,13-15H2,1-4H3,(H,26,27)(H2,23,24,25). The number of hydrogen-bond donors (Lipinski definition) is 3. The van der Waals surface area contributed by atoms with Gasteiger partial charge in [0.25, 0.3) is 0 Å². The van der Waals surface area contributed by atoms with Gasteiger partial charge in [-0.1, -0.05) is 44.2 Å². The van der Waals surface area contributed by atoms with Crippen LogP contribution < -0.4 is 20.7 Å². The van der Waals surface area contributed by atoms with Crippen molar-refractivity contribution in [1.29, 1.82) is 0 Å². The highest BCUT2D eigenvalue weighted by Gasteiger charge is 2.07. The quantitative estimate of drug-likeness (QED) is 0.484. The van der Waals surface area contributed by atoms with Gasteiger partial charge in [0.05, 0.1) is 7.11 Å². The van der Waals surface area contributed by atoms with E-state index in [1.165, 1.54) is 0 Å². The molecule has 6 nitrogen and oxygen atoms in total. The summed E-state index contributed by atoms with van der Waals surface area (Å²) in [6, 6.07) is 15.8. The molecule has 2 aromatic rings. The van der Waals surface area contributed by atoms with Crippen molar-refractivity contribution in [1.82, 2.24) is 10.6 Å². The third-order valence-corrected chi connectivity index (χ3v) is 4.31. The lowest BCUT2D eigenvalue weighted by Gasteiger charge is -2.13. The van der Waals surface area contributed by atoms with E-state index in [0.717, 1.165) is 41.5 Å². The first-order valence-electron chi connectivity index (χ1n) is 9.49. The second-order valence-electron chi connectivity index (χ2n) is 6.76. The zero-order chi connectivity index (χ0) is 20.4. The number of aliphatic imine (C=N–C) groups is 1. The van der Waals surface area contributed by atoms with Crippen LogP contribution in [0.1, 0.15) is 25.0 Å². The third-order valence-electron chi connectivity index (χ3n) is 4.31. The molecule has 0 aliphatic heterocycles. The minimum atomic E-state index is -0.0356. The summed E-state index contributed by atoms with van der Waals surface area (Å²) in [4.78, 5) is 16.0. The van der Waals surface area contributed by atoms with Gasteiger partial charge < -0.3 is 20.7 Å². The summed E-state index contributed by atoms with van der Waals surface area (Å²) in [5, 5.41) is 9.51. The van der Waals surface area contributed by atoms with Crippen LogP contribution in [-0.2, 0) is 17.8 Å². The molecule has 1 amide bonds. The van der Waals surface area contributed by atoms with Crippen LogP contribution in [-0.4, -0.2) is 32.6 Å². The van der Waals surface area contributed by atoms with Crippen LogP contribution in [0.2, 0.25) is 0 Å². The van der Waals surface area contributed by atoms with Gasteiger partial charge in [-0.2, -0.15) is 0 Å². The number of methoxy groups -OCH3 is 1. The van der Waals surface area contributed by atoms with Gasteiger partial charge >= 0.3 is 0 Å². The maximum atomic E-state index is 11.7. The minimum Gasteiger partial charge on any atom is -0.496 e.